The van der Waals surface area contributed by atoms with Gasteiger partial charge in [-0.1, -0.05) is 0 Å². The van der Waals surface area contributed by atoms with Crippen molar-refractivity contribution in [1.82, 2.24) is 20.6 Å². The summed E-state index contributed by atoms with van der Waals surface area (Å²) in [7, 11) is 0. The summed E-state index contributed by atoms with van der Waals surface area (Å²) in [4.78, 5) is 33.6. The van der Waals surface area contributed by atoms with Crippen LogP contribution in [0, 0.1) is 24.0 Å². The molecule has 1 aromatic carbocycles. The molecular formula is C14H15N5O4. The van der Waals surface area contributed by atoms with Crippen LogP contribution in [0.25, 0.3) is 0 Å². The van der Waals surface area contributed by atoms with Gasteiger partial charge in [0.15, 0.2) is 0 Å². The van der Waals surface area contributed by atoms with Crippen LogP contribution >= 0.6 is 0 Å². The molecule has 120 valence electrons. The number of hydrazine groups is 1. The van der Waals surface area contributed by atoms with Crippen LogP contribution in [0.15, 0.2) is 30.3 Å². The predicted molar refractivity (Wildman–Crippen MR) is 80.4 cm³/mol. The van der Waals surface area contributed by atoms with Crippen molar-refractivity contribution in [3.63, 3.8) is 0 Å². The Kier molecular flexibility index (Phi) is 4.69. The smallest absolute Gasteiger partial charge is 0.269 e. The average Bonchev–Trinajstić information content (AvgIpc) is 2.82. The number of aryl methyl sites for hydroxylation is 2. The summed E-state index contributed by atoms with van der Waals surface area (Å²) in [5, 5.41) is 14.7. The van der Waals surface area contributed by atoms with Crippen LogP contribution in [-0.2, 0) is 11.3 Å². The largest absolute Gasteiger partial charge is 0.271 e. The van der Waals surface area contributed by atoms with Gasteiger partial charge in [-0.05, 0) is 32.0 Å². The lowest BCUT2D eigenvalue weighted by Gasteiger charge is -2.08. The van der Waals surface area contributed by atoms with Crippen LogP contribution in [0.5, 0.6) is 0 Å². The molecule has 0 bridgehead atoms. The molecule has 2 aromatic rings. The fourth-order valence-corrected chi connectivity index (χ4v) is 1.94. The Morgan fingerprint density at radius 2 is 1.87 bits per heavy atom. The number of nitrogens with one attached hydrogen (secondary N) is 2. The fourth-order valence-electron chi connectivity index (χ4n) is 1.94. The second-order valence-electron chi connectivity index (χ2n) is 4.89. The van der Waals surface area contributed by atoms with E-state index in [1.165, 1.54) is 28.9 Å². The van der Waals surface area contributed by atoms with Crippen molar-refractivity contribution >= 4 is 17.5 Å². The third kappa shape index (κ3) is 4.13. The van der Waals surface area contributed by atoms with Gasteiger partial charge in [0.2, 0.25) is 0 Å². The molecule has 1 heterocycles. The third-order valence-electron chi connectivity index (χ3n) is 3.05. The van der Waals surface area contributed by atoms with Gasteiger partial charge in [-0.3, -0.25) is 35.2 Å². The van der Waals surface area contributed by atoms with E-state index in [0.717, 1.165) is 11.4 Å². The van der Waals surface area contributed by atoms with Crippen LogP contribution in [-0.4, -0.2) is 26.5 Å². The first-order valence-electron chi connectivity index (χ1n) is 6.71. The van der Waals surface area contributed by atoms with Gasteiger partial charge in [-0.15, -0.1) is 0 Å². The molecule has 0 saturated carbocycles. The van der Waals surface area contributed by atoms with Gasteiger partial charge in [0.25, 0.3) is 17.5 Å². The van der Waals surface area contributed by atoms with E-state index < -0.39 is 16.7 Å². The van der Waals surface area contributed by atoms with Crippen LogP contribution < -0.4 is 10.9 Å². The molecule has 23 heavy (non-hydrogen) atoms. The lowest BCUT2D eigenvalue weighted by molar-refractivity contribution is -0.384. The normalized spacial score (nSPS) is 10.2. The summed E-state index contributed by atoms with van der Waals surface area (Å²) in [5.41, 5.74) is 6.22. The predicted octanol–water partition coefficient (Wildman–Crippen LogP) is 0.869. The maximum atomic E-state index is 11.8. The molecule has 9 nitrogen and oxygen atoms in total. The van der Waals surface area contributed by atoms with Crippen molar-refractivity contribution in [3.05, 3.63) is 57.4 Å². The number of nitro groups is 1. The summed E-state index contributed by atoms with van der Waals surface area (Å²) < 4.78 is 1.52. The molecule has 0 saturated heterocycles. The number of aromatic nitrogens is 2. The summed E-state index contributed by atoms with van der Waals surface area (Å²) in [6, 6.07) is 6.88. The van der Waals surface area contributed by atoms with E-state index in [2.05, 4.69) is 16.0 Å². The minimum Gasteiger partial charge on any atom is -0.271 e. The van der Waals surface area contributed by atoms with Crippen molar-refractivity contribution < 1.29 is 14.5 Å². The zero-order valence-electron chi connectivity index (χ0n) is 12.6. The van der Waals surface area contributed by atoms with E-state index >= 15 is 0 Å². The molecule has 9 heteroatoms. The van der Waals surface area contributed by atoms with Crippen molar-refractivity contribution in [2.24, 2.45) is 0 Å². The van der Waals surface area contributed by atoms with E-state index in [-0.39, 0.29) is 17.8 Å². The Bertz CT molecular complexity index is 751. The number of amides is 2. The Morgan fingerprint density at radius 3 is 2.39 bits per heavy atom. The molecule has 0 aliphatic rings. The Balaban J connectivity index is 1.89. The fraction of sp³-hybridized carbons (Fsp3) is 0.214. The number of nitrogens with zero attached hydrogens (tertiary/aromatic N) is 3. The van der Waals surface area contributed by atoms with Gasteiger partial charge >= 0.3 is 0 Å². The monoisotopic (exact) mass is 317 g/mol. The summed E-state index contributed by atoms with van der Waals surface area (Å²) in [5.74, 6) is -1.01. The van der Waals surface area contributed by atoms with E-state index in [1.54, 1.807) is 0 Å². The Morgan fingerprint density at radius 1 is 1.22 bits per heavy atom. The minimum absolute atomic E-state index is 0.0276. The highest BCUT2D eigenvalue weighted by Crippen LogP contribution is 2.11. The number of hydrogen-bond acceptors (Lipinski definition) is 5. The van der Waals surface area contributed by atoms with Gasteiger partial charge in [0.1, 0.15) is 6.54 Å². The quantitative estimate of drug-likeness (QED) is 0.640. The SMILES string of the molecule is Cc1cc(C)n(CC(=O)NNC(=O)c2ccc([N+](=O)[O-])cc2)n1. The number of carbonyl (C=O) groups is 2. The van der Waals surface area contributed by atoms with Gasteiger partial charge in [-0.25, -0.2) is 0 Å². The highest BCUT2D eigenvalue weighted by atomic mass is 16.6. The topological polar surface area (TPSA) is 119 Å². The van der Waals surface area contributed by atoms with E-state index in [9.17, 15) is 19.7 Å². The van der Waals surface area contributed by atoms with Crippen LogP contribution in [0.1, 0.15) is 21.7 Å². The first-order valence-corrected chi connectivity index (χ1v) is 6.71. The number of benzene rings is 1. The first-order chi connectivity index (χ1) is 10.9. The van der Waals surface area contributed by atoms with Crippen LogP contribution in [0.4, 0.5) is 5.69 Å². The molecule has 2 rings (SSSR count). The molecule has 2 amide bonds. The van der Waals surface area contributed by atoms with Crippen LogP contribution in [0.3, 0.4) is 0 Å². The van der Waals surface area contributed by atoms with E-state index in [4.69, 9.17) is 0 Å². The second kappa shape index (κ2) is 6.69. The summed E-state index contributed by atoms with van der Waals surface area (Å²) in [6.07, 6.45) is 0. The molecule has 0 unspecified atom stereocenters. The maximum absolute atomic E-state index is 11.8. The number of non-ortho nitro benzene ring substituents is 1. The molecule has 0 fully saturated rings. The molecule has 0 atom stereocenters. The van der Waals surface area contributed by atoms with Crippen molar-refractivity contribution in [1.29, 1.82) is 0 Å². The molecular weight excluding hydrogens is 302 g/mol. The lowest BCUT2D eigenvalue weighted by atomic mass is 10.2. The molecule has 0 radical (unpaired) electrons. The molecule has 0 aliphatic heterocycles. The van der Waals surface area contributed by atoms with E-state index in [0.29, 0.717) is 0 Å². The minimum atomic E-state index is -0.568. The Hall–Kier alpha value is -3.23. The van der Waals surface area contributed by atoms with Gasteiger partial charge < -0.3 is 0 Å². The standard InChI is InChI=1S/C14H15N5O4/c1-9-7-10(2)18(17-9)8-13(20)15-16-14(21)11-3-5-12(6-4-11)19(22)23/h3-7H,8H2,1-2H3,(H,15,20)(H,16,21). The van der Waals surface area contributed by atoms with E-state index in [1.807, 2.05) is 19.9 Å². The highest BCUT2D eigenvalue weighted by molar-refractivity contribution is 5.95. The number of rotatable bonds is 4. The zero-order chi connectivity index (χ0) is 17.0. The molecule has 2 N–H and O–H groups in total. The summed E-state index contributed by atoms with van der Waals surface area (Å²) in [6.45, 7) is 3.61. The first kappa shape index (κ1) is 16.1. The van der Waals surface area contributed by atoms with Gasteiger partial charge in [-0.2, -0.15) is 5.10 Å². The molecule has 0 spiro atoms. The number of hydrogen-bond donors (Lipinski definition) is 2. The number of carbonyl (C=O) groups excluding carboxylic acids is 2. The van der Waals surface area contributed by atoms with Crippen LogP contribution in [0.2, 0.25) is 0 Å². The van der Waals surface area contributed by atoms with Crippen molar-refractivity contribution in [3.8, 4) is 0 Å². The van der Waals surface area contributed by atoms with Crippen molar-refractivity contribution in [2.75, 3.05) is 0 Å². The van der Waals surface area contributed by atoms with Gasteiger partial charge in [0, 0.05) is 23.4 Å². The lowest BCUT2D eigenvalue weighted by Crippen LogP contribution is -2.43. The van der Waals surface area contributed by atoms with Crippen molar-refractivity contribution in [2.45, 2.75) is 20.4 Å². The van der Waals surface area contributed by atoms with Gasteiger partial charge in [0.05, 0.1) is 10.6 Å². The zero-order valence-corrected chi connectivity index (χ0v) is 12.6. The third-order valence-corrected chi connectivity index (χ3v) is 3.05. The molecule has 1 aromatic heterocycles. The maximum Gasteiger partial charge on any atom is 0.269 e. The summed E-state index contributed by atoms with van der Waals surface area (Å²) >= 11 is 0. The second-order valence-corrected chi connectivity index (χ2v) is 4.89. The average molecular weight is 317 g/mol. The number of nitro benzene ring substituents is 1. The molecule has 0 aliphatic carbocycles. The Labute approximate surface area is 131 Å². The highest BCUT2D eigenvalue weighted by Gasteiger charge is 2.11.